The van der Waals surface area contributed by atoms with Gasteiger partial charge < -0.3 is 20.9 Å². The number of hydrogen-bond donors (Lipinski definition) is 3. The third-order valence-corrected chi connectivity index (χ3v) is 9.02. The summed E-state index contributed by atoms with van der Waals surface area (Å²) >= 11 is 18.9. The normalized spacial score (nSPS) is 13.5. The Morgan fingerprint density at radius 2 is 1.59 bits per heavy atom. The van der Waals surface area contributed by atoms with Crippen molar-refractivity contribution >= 4 is 58.1 Å². The molecule has 3 amide bonds. The molecule has 11 heteroatoms. The second-order valence-corrected chi connectivity index (χ2v) is 12.8. The summed E-state index contributed by atoms with van der Waals surface area (Å²) in [6.45, 7) is 6.32. The van der Waals surface area contributed by atoms with Crippen molar-refractivity contribution in [1.29, 1.82) is 0 Å². The van der Waals surface area contributed by atoms with Crippen LogP contribution in [0.4, 0.5) is 16.2 Å². The number of hydrogen-bond acceptors (Lipinski definition) is 4. The molecule has 3 N–H and O–H groups in total. The van der Waals surface area contributed by atoms with Gasteiger partial charge in [0.2, 0.25) is 0 Å². The average molecular weight is 682 g/mol. The number of amides is 3. The van der Waals surface area contributed by atoms with Crippen LogP contribution in [0.3, 0.4) is 0 Å². The van der Waals surface area contributed by atoms with E-state index in [1.807, 2.05) is 55.5 Å². The third-order valence-electron chi connectivity index (χ3n) is 8.23. The maximum Gasteiger partial charge on any atom is 0.319 e. The standard InChI is InChI=1S/C35H39Cl3N6O2/c1-3-4-5-6-19-39-35(46)41-27-12-14-29(15-13-27)43-20-17-28(18-21-43)40-34(45)32-23(2)33(24-7-9-25(36)10-8-24)44(42-32)31-16-11-26(37)22-30(31)38/h7-16,22,28H,3-6,17-21H2,1-2H3,(H,40,45)(H2,39,41,46). The molecule has 46 heavy (non-hydrogen) atoms. The maximum atomic E-state index is 13.6. The Hall–Kier alpha value is -3.72. The first-order valence-electron chi connectivity index (χ1n) is 15.7. The lowest BCUT2D eigenvalue weighted by molar-refractivity contribution is 0.0925. The summed E-state index contributed by atoms with van der Waals surface area (Å²) < 4.78 is 1.70. The number of unbranched alkanes of at least 4 members (excludes halogenated alkanes) is 3. The van der Waals surface area contributed by atoms with Crippen LogP contribution in [-0.2, 0) is 0 Å². The van der Waals surface area contributed by atoms with Crippen molar-refractivity contribution in [1.82, 2.24) is 20.4 Å². The highest BCUT2D eigenvalue weighted by atomic mass is 35.5. The van der Waals surface area contributed by atoms with Crippen molar-refractivity contribution < 1.29 is 9.59 Å². The first kappa shape index (κ1) is 33.6. The van der Waals surface area contributed by atoms with E-state index in [0.717, 1.165) is 67.0 Å². The molecule has 0 aliphatic carbocycles. The third kappa shape index (κ3) is 8.35. The monoisotopic (exact) mass is 680 g/mol. The Balaban J connectivity index is 1.21. The van der Waals surface area contributed by atoms with E-state index >= 15 is 0 Å². The van der Waals surface area contributed by atoms with Crippen molar-refractivity contribution in [3.8, 4) is 16.9 Å². The van der Waals surface area contributed by atoms with Gasteiger partial charge in [0, 0.05) is 58.2 Å². The van der Waals surface area contributed by atoms with Crippen LogP contribution in [0.2, 0.25) is 15.1 Å². The molecule has 5 rings (SSSR count). The summed E-state index contributed by atoms with van der Waals surface area (Å²) in [6.07, 6.45) is 6.05. The Kier molecular flexibility index (Phi) is 11.5. The summed E-state index contributed by atoms with van der Waals surface area (Å²) in [5, 5.41) is 15.3. The van der Waals surface area contributed by atoms with Gasteiger partial charge in [0.15, 0.2) is 5.69 Å². The van der Waals surface area contributed by atoms with E-state index in [2.05, 4.69) is 27.8 Å². The van der Waals surface area contributed by atoms with Gasteiger partial charge in [-0.25, -0.2) is 9.48 Å². The number of halogens is 3. The number of anilines is 2. The van der Waals surface area contributed by atoms with Gasteiger partial charge in [-0.1, -0.05) is 73.1 Å². The summed E-state index contributed by atoms with van der Waals surface area (Å²) in [6, 6.07) is 20.3. The first-order chi connectivity index (χ1) is 22.2. The second kappa shape index (κ2) is 15.7. The van der Waals surface area contributed by atoms with Crippen LogP contribution in [-0.4, -0.2) is 47.4 Å². The van der Waals surface area contributed by atoms with Gasteiger partial charge in [0.05, 0.1) is 16.4 Å². The number of nitrogens with zero attached hydrogens (tertiary/aromatic N) is 3. The minimum absolute atomic E-state index is 0.00774. The van der Waals surface area contributed by atoms with Gasteiger partial charge in [-0.3, -0.25) is 4.79 Å². The highest BCUT2D eigenvalue weighted by molar-refractivity contribution is 6.35. The van der Waals surface area contributed by atoms with Crippen LogP contribution in [0, 0.1) is 6.92 Å². The summed E-state index contributed by atoms with van der Waals surface area (Å²) in [4.78, 5) is 28.1. The molecular formula is C35H39Cl3N6O2. The Morgan fingerprint density at radius 3 is 2.26 bits per heavy atom. The lowest BCUT2D eigenvalue weighted by Crippen LogP contribution is -2.45. The topological polar surface area (TPSA) is 91.3 Å². The molecule has 2 heterocycles. The van der Waals surface area contributed by atoms with Gasteiger partial charge in [0.1, 0.15) is 0 Å². The molecule has 1 aliphatic heterocycles. The lowest BCUT2D eigenvalue weighted by Gasteiger charge is -2.34. The number of carbonyl (C=O) groups is 2. The van der Waals surface area contributed by atoms with Gasteiger partial charge >= 0.3 is 6.03 Å². The molecule has 0 unspecified atom stereocenters. The number of rotatable bonds is 11. The fraction of sp³-hybridized carbons (Fsp3) is 0.343. The van der Waals surface area contributed by atoms with Crippen molar-refractivity contribution in [2.24, 2.45) is 0 Å². The van der Waals surface area contributed by atoms with E-state index in [-0.39, 0.29) is 18.0 Å². The van der Waals surface area contributed by atoms with Crippen molar-refractivity contribution in [3.05, 3.63) is 93.1 Å². The minimum atomic E-state index is -0.228. The van der Waals surface area contributed by atoms with E-state index in [9.17, 15) is 9.59 Å². The average Bonchev–Trinajstić information content (AvgIpc) is 3.38. The van der Waals surface area contributed by atoms with Crippen LogP contribution in [0.15, 0.2) is 66.7 Å². The molecule has 1 aromatic heterocycles. The first-order valence-corrected chi connectivity index (χ1v) is 16.9. The molecule has 242 valence electrons. The zero-order chi connectivity index (χ0) is 32.6. The van der Waals surface area contributed by atoms with Gasteiger partial charge in [0.25, 0.3) is 5.91 Å². The number of aromatic nitrogens is 2. The molecule has 0 atom stereocenters. The van der Waals surface area contributed by atoms with Crippen molar-refractivity contribution in [2.75, 3.05) is 29.9 Å². The largest absolute Gasteiger partial charge is 0.371 e. The summed E-state index contributed by atoms with van der Waals surface area (Å²) in [5.41, 5.74) is 5.15. The van der Waals surface area contributed by atoms with Crippen molar-refractivity contribution in [3.63, 3.8) is 0 Å². The zero-order valence-electron chi connectivity index (χ0n) is 26.1. The Bertz CT molecular complexity index is 1650. The molecule has 0 bridgehead atoms. The number of carbonyl (C=O) groups excluding carboxylic acids is 2. The molecule has 0 saturated carbocycles. The minimum Gasteiger partial charge on any atom is -0.371 e. The summed E-state index contributed by atoms with van der Waals surface area (Å²) in [5.74, 6) is -0.228. The van der Waals surface area contributed by atoms with Gasteiger partial charge in [-0.05, 0) is 80.8 Å². The molecule has 1 aliphatic rings. The molecule has 0 radical (unpaired) electrons. The van der Waals surface area contributed by atoms with Gasteiger partial charge in [-0.15, -0.1) is 0 Å². The number of piperidine rings is 1. The number of benzene rings is 3. The van der Waals surface area contributed by atoms with E-state index in [1.54, 1.807) is 22.9 Å². The van der Waals surface area contributed by atoms with Crippen LogP contribution >= 0.6 is 34.8 Å². The molecule has 4 aromatic rings. The maximum absolute atomic E-state index is 13.6. The predicted octanol–water partition coefficient (Wildman–Crippen LogP) is 8.91. The highest BCUT2D eigenvalue weighted by Crippen LogP contribution is 2.33. The van der Waals surface area contributed by atoms with Crippen LogP contribution in [0.5, 0.6) is 0 Å². The second-order valence-electron chi connectivity index (χ2n) is 11.6. The molecule has 1 saturated heterocycles. The van der Waals surface area contributed by atoms with Crippen LogP contribution in [0.25, 0.3) is 16.9 Å². The lowest BCUT2D eigenvalue weighted by atomic mass is 10.0. The summed E-state index contributed by atoms with van der Waals surface area (Å²) in [7, 11) is 0. The van der Waals surface area contributed by atoms with Crippen LogP contribution in [0.1, 0.15) is 61.5 Å². The number of urea groups is 1. The van der Waals surface area contributed by atoms with E-state index in [0.29, 0.717) is 33.0 Å². The smallest absolute Gasteiger partial charge is 0.319 e. The fourth-order valence-corrected chi connectivity index (χ4v) is 6.32. The van der Waals surface area contributed by atoms with Crippen LogP contribution < -0.4 is 20.9 Å². The number of nitrogens with one attached hydrogen (secondary N) is 3. The Labute approximate surface area is 285 Å². The van der Waals surface area contributed by atoms with Gasteiger partial charge in [-0.2, -0.15) is 5.10 Å². The molecular weight excluding hydrogens is 643 g/mol. The van der Waals surface area contributed by atoms with E-state index in [4.69, 9.17) is 39.9 Å². The van der Waals surface area contributed by atoms with Crippen molar-refractivity contribution in [2.45, 2.75) is 58.4 Å². The molecule has 0 spiro atoms. The fourth-order valence-electron chi connectivity index (χ4n) is 5.71. The molecule has 1 fully saturated rings. The molecule has 3 aromatic carbocycles. The molecule has 8 nitrogen and oxygen atoms in total. The Morgan fingerprint density at radius 1 is 0.891 bits per heavy atom. The predicted molar refractivity (Wildman–Crippen MR) is 189 cm³/mol. The zero-order valence-corrected chi connectivity index (χ0v) is 28.4. The SMILES string of the molecule is CCCCCCNC(=O)Nc1ccc(N2CCC(NC(=O)c3nn(-c4ccc(Cl)cc4Cl)c(-c4ccc(Cl)cc4)c3C)CC2)cc1. The highest BCUT2D eigenvalue weighted by Gasteiger charge is 2.27. The van der Waals surface area contributed by atoms with E-state index in [1.165, 1.54) is 12.8 Å². The quantitative estimate of drug-likeness (QED) is 0.138. The van der Waals surface area contributed by atoms with E-state index < -0.39 is 0 Å².